The molecule has 0 aromatic heterocycles. The van der Waals surface area contributed by atoms with E-state index in [9.17, 15) is 4.79 Å². The van der Waals surface area contributed by atoms with E-state index in [1.54, 1.807) is 0 Å². The molecule has 0 saturated carbocycles. The molecule has 6 heteroatoms. The molecule has 0 bridgehead atoms. The topological polar surface area (TPSA) is 41.6 Å². The predicted molar refractivity (Wildman–Crippen MR) is 105 cm³/mol. The van der Waals surface area contributed by atoms with Crippen molar-refractivity contribution in [2.45, 2.75) is 12.5 Å². The smallest absolute Gasteiger partial charge is 0.230 e. The first kappa shape index (κ1) is 19.0. The Bertz CT molecular complexity index is 784. The lowest BCUT2D eigenvalue weighted by atomic mass is 9.93. The number of nitrogens with zero attached hydrogens (tertiary/aromatic N) is 1. The maximum atomic E-state index is 13.2. The Balaban J connectivity index is 0.00000196. The zero-order valence-electron chi connectivity index (χ0n) is 14.4. The number of fused-ring (bicyclic) bond motifs is 1. The van der Waals surface area contributed by atoms with E-state index in [0.717, 1.165) is 36.4 Å². The Morgan fingerprint density at radius 2 is 1.92 bits per heavy atom. The molecule has 2 aliphatic heterocycles. The van der Waals surface area contributed by atoms with Gasteiger partial charge >= 0.3 is 0 Å². The summed E-state index contributed by atoms with van der Waals surface area (Å²) in [6.45, 7) is 2.65. The van der Waals surface area contributed by atoms with Gasteiger partial charge in [-0.25, -0.2) is 0 Å². The fourth-order valence-corrected chi connectivity index (χ4v) is 3.97. The van der Waals surface area contributed by atoms with Crippen LogP contribution in [0.3, 0.4) is 0 Å². The standard InChI is InChI=1S/C20H21ClN2O2.ClH/c21-17-7-3-2-6-16(17)18-12-22-9-10-23(18)20(24)15-11-14-5-1-4-8-19(14)25-13-15;/h1-8,15,18,22H,9-13H2;1H. The van der Waals surface area contributed by atoms with Crippen LogP contribution in [0.15, 0.2) is 48.5 Å². The molecule has 2 aliphatic rings. The normalized spacial score (nSPS) is 22.0. The van der Waals surface area contributed by atoms with Crippen molar-refractivity contribution < 1.29 is 9.53 Å². The Kier molecular flexibility index (Phi) is 6.07. The number of benzene rings is 2. The van der Waals surface area contributed by atoms with Crippen molar-refractivity contribution in [3.05, 3.63) is 64.7 Å². The SMILES string of the molecule is Cl.O=C(C1COc2ccccc2C1)N1CCNCC1c1ccccc1Cl. The van der Waals surface area contributed by atoms with Gasteiger partial charge in [0, 0.05) is 24.7 Å². The van der Waals surface area contributed by atoms with Gasteiger partial charge in [0.15, 0.2) is 0 Å². The highest BCUT2D eigenvalue weighted by atomic mass is 35.5. The zero-order valence-corrected chi connectivity index (χ0v) is 15.9. The quantitative estimate of drug-likeness (QED) is 0.850. The van der Waals surface area contributed by atoms with Gasteiger partial charge in [-0.1, -0.05) is 48.0 Å². The minimum atomic E-state index is -0.141. The highest BCUT2D eigenvalue weighted by molar-refractivity contribution is 6.31. The zero-order chi connectivity index (χ0) is 17.2. The number of halogens is 2. The Labute approximate surface area is 164 Å². The number of carbonyl (C=O) groups excluding carboxylic acids is 1. The van der Waals surface area contributed by atoms with Gasteiger partial charge in [0.1, 0.15) is 12.4 Å². The third kappa shape index (κ3) is 3.68. The summed E-state index contributed by atoms with van der Waals surface area (Å²) in [5.41, 5.74) is 2.11. The average molecular weight is 393 g/mol. The maximum Gasteiger partial charge on any atom is 0.230 e. The van der Waals surface area contributed by atoms with Crippen LogP contribution in [0.1, 0.15) is 17.2 Å². The first-order valence-corrected chi connectivity index (χ1v) is 9.08. The highest BCUT2D eigenvalue weighted by Crippen LogP contribution is 2.32. The van der Waals surface area contributed by atoms with E-state index in [1.165, 1.54) is 0 Å². The van der Waals surface area contributed by atoms with Crippen LogP contribution in [0.4, 0.5) is 0 Å². The van der Waals surface area contributed by atoms with Crippen LogP contribution >= 0.6 is 24.0 Å². The van der Waals surface area contributed by atoms with Crippen LogP contribution < -0.4 is 10.1 Å². The number of amides is 1. The van der Waals surface area contributed by atoms with Crippen LogP contribution in [0.5, 0.6) is 5.75 Å². The summed E-state index contributed by atoms with van der Waals surface area (Å²) in [6.07, 6.45) is 0.730. The molecule has 2 aromatic rings. The summed E-state index contributed by atoms with van der Waals surface area (Å²) in [7, 11) is 0. The van der Waals surface area contributed by atoms with E-state index < -0.39 is 0 Å². The fourth-order valence-electron chi connectivity index (χ4n) is 3.71. The minimum Gasteiger partial charge on any atom is -0.492 e. The van der Waals surface area contributed by atoms with Crippen LogP contribution in [0.25, 0.3) is 0 Å². The van der Waals surface area contributed by atoms with E-state index in [-0.39, 0.29) is 30.3 Å². The number of para-hydroxylation sites is 1. The van der Waals surface area contributed by atoms with Crippen molar-refractivity contribution in [2.24, 2.45) is 5.92 Å². The number of hydrogen-bond donors (Lipinski definition) is 1. The van der Waals surface area contributed by atoms with Crippen molar-refractivity contribution in [1.82, 2.24) is 10.2 Å². The van der Waals surface area contributed by atoms with Crippen LogP contribution in [-0.4, -0.2) is 37.0 Å². The van der Waals surface area contributed by atoms with E-state index in [4.69, 9.17) is 16.3 Å². The molecule has 138 valence electrons. The molecule has 4 rings (SSSR count). The summed E-state index contributed by atoms with van der Waals surface area (Å²) in [5, 5.41) is 4.09. The third-order valence-electron chi connectivity index (χ3n) is 5.02. The van der Waals surface area contributed by atoms with Gasteiger partial charge in [-0.3, -0.25) is 4.79 Å². The Hall–Kier alpha value is -1.75. The van der Waals surface area contributed by atoms with Crippen molar-refractivity contribution in [3.8, 4) is 5.75 Å². The van der Waals surface area contributed by atoms with Crippen LogP contribution in [0.2, 0.25) is 5.02 Å². The Morgan fingerprint density at radius 3 is 2.77 bits per heavy atom. The number of ether oxygens (including phenoxy) is 1. The van der Waals surface area contributed by atoms with E-state index >= 15 is 0 Å². The monoisotopic (exact) mass is 392 g/mol. The molecule has 2 unspecified atom stereocenters. The molecule has 1 N–H and O–H groups in total. The van der Waals surface area contributed by atoms with Gasteiger partial charge in [-0.2, -0.15) is 0 Å². The molecule has 2 heterocycles. The lowest BCUT2D eigenvalue weighted by Crippen LogP contribution is -2.52. The van der Waals surface area contributed by atoms with Gasteiger partial charge in [-0.05, 0) is 29.7 Å². The molecule has 2 aromatic carbocycles. The van der Waals surface area contributed by atoms with Crippen LogP contribution in [0, 0.1) is 5.92 Å². The number of nitrogens with one attached hydrogen (secondary N) is 1. The minimum absolute atomic E-state index is 0. The van der Waals surface area contributed by atoms with Gasteiger partial charge < -0.3 is 15.0 Å². The van der Waals surface area contributed by atoms with Crippen molar-refractivity contribution in [1.29, 1.82) is 0 Å². The van der Waals surface area contributed by atoms with Crippen molar-refractivity contribution in [3.63, 3.8) is 0 Å². The molecule has 26 heavy (non-hydrogen) atoms. The summed E-state index contributed by atoms with van der Waals surface area (Å²) in [5.74, 6) is 0.911. The molecule has 1 saturated heterocycles. The molecule has 4 nitrogen and oxygen atoms in total. The van der Waals surface area contributed by atoms with Gasteiger partial charge in [0.2, 0.25) is 5.91 Å². The second kappa shape index (κ2) is 8.30. The fraction of sp³-hybridized carbons (Fsp3) is 0.350. The third-order valence-corrected chi connectivity index (χ3v) is 5.36. The maximum absolute atomic E-state index is 13.2. The van der Waals surface area contributed by atoms with Crippen molar-refractivity contribution >= 4 is 29.9 Å². The first-order chi connectivity index (χ1) is 12.2. The van der Waals surface area contributed by atoms with Gasteiger partial charge in [-0.15, -0.1) is 12.4 Å². The molecule has 0 aliphatic carbocycles. The predicted octanol–water partition coefficient (Wildman–Crippen LogP) is 3.49. The summed E-state index contributed by atoms with van der Waals surface area (Å²) in [6, 6.07) is 15.7. The first-order valence-electron chi connectivity index (χ1n) is 8.70. The van der Waals surface area contributed by atoms with Crippen molar-refractivity contribution in [2.75, 3.05) is 26.2 Å². The van der Waals surface area contributed by atoms with Crippen LogP contribution in [-0.2, 0) is 11.2 Å². The molecule has 2 atom stereocenters. The lowest BCUT2D eigenvalue weighted by molar-refractivity contribution is -0.140. The molecule has 1 fully saturated rings. The molecule has 0 radical (unpaired) electrons. The van der Waals surface area contributed by atoms with E-state index in [1.807, 2.05) is 53.4 Å². The summed E-state index contributed by atoms with van der Waals surface area (Å²) >= 11 is 6.39. The molecular weight excluding hydrogens is 371 g/mol. The van der Waals surface area contributed by atoms with E-state index in [2.05, 4.69) is 5.32 Å². The second-order valence-corrected chi connectivity index (χ2v) is 7.00. The lowest BCUT2D eigenvalue weighted by Gasteiger charge is -2.39. The number of carbonyl (C=O) groups is 1. The summed E-state index contributed by atoms with van der Waals surface area (Å²) < 4.78 is 5.82. The number of rotatable bonds is 2. The van der Waals surface area contributed by atoms with Gasteiger partial charge in [0.25, 0.3) is 0 Å². The molecular formula is C20H22Cl2N2O2. The molecule has 1 amide bonds. The summed E-state index contributed by atoms with van der Waals surface area (Å²) in [4.78, 5) is 15.2. The second-order valence-electron chi connectivity index (χ2n) is 6.59. The average Bonchev–Trinajstić information content (AvgIpc) is 2.67. The number of piperazine rings is 1. The van der Waals surface area contributed by atoms with Gasteiger partial charge in [0.05, 0.1) is 12.0 Å². The highest BCUT2D eigenvalue weighted by Gasteiger charge is 2.35. The molecule has 0 spiro atoms. The van der Waals surface area contributed by atoms with E-state index in [0.29, 0.717) is 18.2 Å². The number of hydrogen-bond acceptors (Lipinski definition) is 3. The largest absolute Gasteiger partial charge is 0.492 e. The Morgan fingerprint density at radius 1 is 1.15 bits per heavy atom.